The molecule has 0 saturated heterocycles. The van der Waals surface area contributed by atoms with E-state index in [1.807, 2.05) is 12.3 Å². The summed E-state index contributed by atoms with van der Waals surface area (Å²) in [7, 11) is 2.14. The molecule has 3 nitrogen and oxygen atoms in total. The normalized spacial score (nSPS) is 12.3. The van der Waals surface area contributed by atoms with E-state index in [0.29, 0.717) is 6.04 Å². The van der Waals surface area contributed by atoms with Crippen LogP contribution in [0.1, 0.15) is 43.9 Å². The largest absolute Gasteiger partial charge is 0.472 e. The van der Waals surface area contributed by atoms with Crippen LogP contribution in [0.2, 0.25) is 0 Å². The lowest BCUT2D eigenvalue weighted by Gasteiger charge is -2.26. The quantitative estimate of drug-likeness (QED) is 0.781. The SMILES string of the molecule is CCCNC(CC)c1ccccc1N(C)Cc1ccoc1. The Labute approximate surface area is 128 Å². The van der Waals surface area contributed by atoms with E-state index in [2.05, 4.69) is 55.4 Å². The Hall–Kier alpha value is -1.74. The van der Waals surface area contributed by atoms with Crippen molar-refractivity contribution in [3.05, 3.63) is 54.0 Å². The third kappa shape index (κ3) is 4.11. The molecule has 1 unspecified atom stereocenters. The molecule has 0 spiro atoms. The topological polar surface area (TPSA) is 28.4 Å². The summed E-state index contributed by atoms with van der Waals surface area (Å²) in [5, 5.41) is 3.64. The van der Waals surface area contributed by atoms with Gasteiger partial charge in [0.25, 0.3) is 0 Å². The van der Waals surface area contributed by atoms with E-state index in [4.69, 9.17) is 4.42 Å². The molecular formula is C18H26N2O. The number of hydrogen-bond donors (Lipinski definition) is 1. The fourth-order valence-electron chi connectivity index (χ4n) is 2.66. The standard InChI is InChI=1S/C18H26N2O/c1-4-11-19-17(5-2)16-8-6-7-9-18(16)20(3)13-15-10-12-21-14-15/h6-10,12,14,17,19H,4-5,11,13H2,1-3H3. The highest BCUT2D eigenvalue weighted by Crippen LogP contribution is 2.28. The third-order valence-corrected chi connectivity index (χ3v) is 3.77. The maximum atomic E-state index is 5.16. The lowest BCUT2D eigenvalue weighted by atomic mass is 10.0. The molecule has 1 aromatic heterocycles. The van der Waals surface area contributed by atoms with Gasteiger partial charge in [-0.15, -0.1) is 0 Å². The minimum absolute atomic E-state index is 0.410. The van der Waals surface area contributed by atoms with Crippen LogP contribution in [0.4, 0.5) is 5.69 Å². The summed E-state index contributed by atoms with van der Waals surface area (Å²) < 4.78 is 5.16. The highest BCUT2D eigenvalue weighted by molar-refractivity contribution is 5.54. The maximum Gasteiger partial charge on any atom is 0.0952 e. The lowest BCUT2D eigenvalue weighted by molar-refractivity contribution is 0.518. The summed E-state index contributed by atoms with van der Waals surface area (Å²) in [4.78, 5) is 2.29. The monoisotopic (exact) mass is 286 g/mol. The molecule has 0 bridgehead atoms. The van der Waals surface area contributed by atoms with Crippen molar-refractivity contribution < 1.29 is 4.42 Å². The summed E-state index contributed by atoms with van der Waals surface area (Å²) >= 11 is 0. The van der Waals surface area contributed by atoms with E-state index < -0.39 is 0 Å². The van der Waals surface area contributed by atoms with Crippen LogP contribution in [-0.4, -0.2) is 13.6 Å². The predicted molar refractivity (Wildman–Crippen MR) is 88.6 cm³/mol. The molecule has 1 aromatic carbocycles. The second kappa shape index (κ2) is 7.89. The van der Waals surface area contributed by atoms with Gasteiger partial charge in [-0.05, 0) is 37.1 Å². The molecule has 0 amide bonds. The van der Waals surface area contributed by atoms with Crippen molar-refractivity contribution in [3.8, 4) is 0 Å². The van der Waals surface area contributed by atoms with Crippen LogP contribution in [0.5, 0.6) is 0 Å². The first-order valence-electron chi connectivity index (χ1n) is 7.80. The van der Waals surface area contributed by atoms with E-state index in [9.17, 15) is 0 Å². The average molecular weight is 286 g/mol. The van der Waals surface area contributed by atoms with Gasteiger partial charge in [0.15, 0.2) is 0 Å². The Morgan fingerprint density at radius 2 is 2.00 bits per heavy atom. The minimum atomic E-state index is 0.410. The Bertz CT molecular complexity index is 522. The molecule has 21 heavy (non-hydrogen) atoms. The van der Waals surface area contributed by atoms with Crippen molar-refractivity contribution in [1.82, 2.24) is 5.32 Å². The predicted octanol–water partition coefficient (Wildman–Crippen LogP) is 4.37. The van der Waals surface area contributed by atoms with Crippen LogP contribution in [0.25, 0.3) is 0 Å². The first-order chi connectivity index (χ1) is 10.3. The molecule has 0 fully saturated rings. The number of anilines is 1. The highest BCUT2D eigenvalue weighted by atomic mass is 16.3. The summed E-state index contributed by atoms with van der Waals surface area (Å²) in [6, 6.07) is 11.1. The first kappa shape index (κ1) is 15.6. The number of benzene rings is 1. The molecule has 0 aliphatic rings. The molecule has 0 saturated carbocycles. The molecule has 1 N–H and O–H groups in total. The van der Waals surface area contributed by atoms with Gasteiger partial charge in [0.1, 0.15) is 0 Å². The minimum Gasteiger partial charge on any atom is -0.472 e. The van der Waals surface area contributed by atoms with E-state index in [-0.39, 0.29) is 0 Å². The summed E-state index contributed by atoms with van der Waals surface area (Å²) in [5.74, 6) is 0. The zero-order valence-electron chi connectivity index (χ0n) is 13.3. The maximum absolute atomic E-state index is 5.16. The zero-order chi connectivity index (χ0) is 15.1. The first-order valence-corrected chi connectivity index (χ1v) is 7.80. The van der Waals surface area contributed by atoms with Crippen LogP contribution in [0, 0.1) is 0 Å². The van der Waals surface area contributed by atoms with Crippen LogP contribution < -0.4 is 10.2 Å². The van der Waals surface area contributed by atoms with Crippen molar-refractivity contribution in [2.75, 3.05) is 18.5 Å². The van der Waals surface area contributed by atoms with E-state index in [1.165, 1.54) is 16.8 Å². The van der Waals surface area contributed by atoms with Crippen LogP contribution in [0.15, 0.2) is 47.3 Å². The molecule has 2 aromatic rings. The molecular weight excluding hydrogens is 260 g/mol. The Kier molecular flexibility index (Phi) is 5.88. The summed E-state index contributed by atoms with van der Waals surface area (Å²) in [5.41, 5.74) is 3.86. The van der Waals surface area contributed by atoms with Gasteiger partial charge in [-0.1, -0.05) is 32.0 Å². The number of nitrogens with one attached hydrogen (secondary N) is 1. The van der Waals surface area contributed by atoms with Crippen molar-refractivity contribution in [2.24, 2.45) is 0 Å². The van der Waals surface area contributed by atoms with E-state index >= 15 is 0 Å². The van der Waals surface area contributed by atoms with Crippen molar-refractivity contribution in [2.45, 2.75) is 39.3 Å². The van der Waals surface area contributed by atoms with Gasteiger partial charge in [0, 0.05) is 30.9 Å². The summed E-state index contributed by atoms with van der Waals surface area (Å²) in [6.45, 7) is 6.35. The number of furan rings is 1. The molecule has 114 valence electrons. The van der Waals surface area contributed by atoms with Crippen molar-refractivity contribution >= 4 is 5.69 Å². The number of rotatable bonds is 8. The van der Waals surface area contributed by atoms with Crippen LogP contribution in [-0.2, 0) is 6.54 Å². The van der Waals surface area contributed by atoms with Gasteiger partial charge in [-0.2, -0.15) is 0 Å². The highest BCUT2D eigenvalue weighted by Gasteiger charge is 2.15. The Balaban J connectivity index is 2.18. The molecule has 1 atom stereocenters. The Morgan fingerprint density at radius 1 is 1.19 bits per heavy atom. The van der Waals surface area contributed by atoms with Crippen LogP contribution in [0.3, 0.4) is 0 Å². The lowest BCUT2D eigenvalue weighted by Crippen LogP contribution is -2.25. The van der Waals surface area contributed by atoms with Gasteiger partial charge >= 0.3 is 0 Å². The number of nitrogens with zero attached hydrogens (tertiary/aromatic N) is 1. The van der Waals surface area contributed by atoms with E-state index in [0.717, 1.165) is 25.9 Å². The number of para-hydroxylation sites is 1. The molecule has 1 heterocycles. The summed E-state index contributed by atoms with van der Waals surface area (Å²) in [6.07, 6.45) is 5.79. The van der Waals surface area contributed by atoms with Gasteiger partial charge in [0.05, 0.1) is 12.5 Å². The molecule has 0 radical (unpaired) electrons. The fraction of sp³-hybridized carbons (Fsp3) is 0.444. The average Bonchev–Trinajstić information content (AvgIpc) is 3.01. The number of hydrogen-bond acceptors (Lipinski definition) is 3. The fourth-order valence-corrected chi connectivity index (χ4v) is 2.66. The third-order valence-electron chi connectivity index (χ3n) is 3.77. The van der Waals surface area contributed by atoms with Gasteiger partial charge in [0.2, 0.25) is 0 Å². The van der Waals surface area contributed by atoms with Crippen molar-refractivity contribution in [3.63, 3.8) is 0 Å². The molecule has 2 rings (SSSR count). The van der Waals surface area contributed by atoms with Crippen LogP contribution >= 0.6 is 0 Å². The van der Waals surface area contributed by atoms with Gasteiger partial charge in [-0.3, -0.25) is 0 Å². The van der Waals surface area contributed by atoms with Gasteiger partial charge in [-0.25, -0.2) is 0 Å². The van der Waals surface area contributed by atoms with E-state index in [1.54, 1.807) is 6.26 Å². The zero-order valence-corrected chi connectivity index (χ0v) is 13.3. The second-order valence-corrected chi connectivity index (χ2v) is 5.46. The molecule has 3 heteroatoms. The molecule has 0 aliphatic heterocycles. The van der Waals surface area contributed by atoms with Crippen molar-refractivity contribution in [1.29, 1.82) is 0 Å². The smallest absolute Gasteiger partial charge is 0.0952 e. The van der Waals surface area contributed by atoms with Gasteiger partial charge < -0.3 is 14.6 Å². The second-order valence-electron chi connectivity index (χ2n) is 5.46. The Morgan fingerprint density at radius 3 is 2.67 bits per heavy atom. The molecule has 0 aliphatic carbocycles.